The van der Waals surface area contributed by atoms with Gasteiger partial charge in [-0.3, -0.25) is 9.59 Å². The summed E-state index contributed by atoms with van der Waals surface area (Å²) in [7, 11) is 0. The number of hydrogen-bond donors (Lipinski definition) is 0. The number of rotatable bonds is 6. The van der Waals surface area contributed by atoms with Crippen LogP contribution in [0.3, 0.4) is 0 Å². The minimum absolute atomic E-state index is 0.104. The van der Waals surface area contributed by atoms with E-state index in [0.29, 0.717) is 19.6 Å². The largest absolute Gasteiger partial charge is 0.464 e. The number of ether oxygens (including phenoxy) is 1. The number of Topliss-reactive ketones (excluding diaryl/α,β-unsaturated/α-hetero) is 1. The molecule has 0 aliphatic rings. The lowest BCUT2D eigenvalue weighted by molar-refractivity contribution is -0.141. The molecular weight excluding hydrogens is 218 g/mol. The highest BCUT2D eigenvalue weighted by atomic mass is 16.5. The highest BCUT2D eigenvalue weighted by Gasteiger charge is 2.16. The van der Waals surface area contributed by atoms with Crippen LogP contribution in [0.15, 0.2) is 18.3 Å². The molecular formula is C13H19NO3. The summed E-state index contributed by atoms with van der Waals surface area (Å²) in [6.07, 6.45) is 2.44. The Kier molecular flexibility index (Phi) is 4.94. The van der Waals surface area contributed by atoms with Crippen LogP contribution < -0.4 is 0 Å². The van der Waals surface area contributed by atoms with Crippen LogP contribution >= 0.6 is 0 Å². The SMILES string of the molecule is CCC(=O)C(C)c1cccn1CCOC(C)=O. The summed E-state index contributed by atoms with van der Waals surface area (Å²) >= 11 is 0. The van der Waals surface area contributed by atoms with E-state index in [4.69, 9.17) is 4.74 Å². The lowest BCUT2D eigenvalue weighted by atomic mass is 10.0. The van der Waals surface area contributed by atoms with Gasteiger partial charge >= 0.3 is 5.97 Å². The first-order valence-corrected chi connectivity index (χ1v) is 5.87. The molecule has 1 aromatic rings. The number of esters is 1. The zero-order chi connectivity index (χ0) is 12.8. The molecule has 17 heavy (non-hydrogen) atoms. The molecule has 0 aromatic carbocycles. The Balaban J connectivity index is 2.65. The number of aromatic nitrogens is 1. The zero-order valence-corrected chi connectivity index (χ0v) is 10.6. The van der Waals surface area contributed by atoms with Gasteiger partial charge in [0.1, 0.15) is 12.4 Å². The van der Waals surface area contributed by atoms with Crippen LogP contribution in [0.2, 0.25) is 0 Å². The number of hydrogen-bond acceptors (Lipinski definition) is 3. The van der Waals surface area contributed by atoms with Gasteiger partial charge in [-0.25, -0.2) is 0 Å². The maximum absolute atomic E-state index is 11.6. The zero-order valence-electron chi connectivity index (χ0n) is 10.6. The van der Waals surface area contributed by atoms with Crippen LogP contribution in [0.25, 0.3) is 0 Å². The fourth-order valence-electron chi connectivity index (χ4n) is 1.78. The van der Waals surface area contributed by atoms with Gasteiger partial charge in [-0.15, -0.1) is 0 Å². The molecule has 0 saturated carbocycles. The van der Waals surface area contributed by atoms with Gasteiger partial charge in [0, 0.05) is 25.2 Å². The molecule has 1 aromatic heterocycles. The Labute approximate surface area is 102 Å². The first kappa shape index (κ1) is 13.5. The second-order valence-electron chi connectivity index (χ2n) is 4.01. The van der Waals surface area contributed by atoms with E-state index in [1.807, 2.05) is 36.7 Å². The highest BCUT2D eigenvalue weighted by Crippen LogP contribution is 2.18. The minimum atomic E-state index is -0.281. The normalized spacial score (nSPS) is 12.2. The molecule has 4 heteroatoms. The summed E-state index contributed by atoms with van der Waals surface area (Å²) in [6, 6.07) is 3.84. The van der Waals surface area contributed by atoms with Crippen molar-refractivity contribution in [2.45, 2.75) is 39.7 Å². The van der Waals surface area contributed by atoms with Crippen molar-refractivity contribution in [2.75, 3.05) is 6.61 Å². The van der Waals surface area contributed by atoms with Crippen molar-refractivity contribution < 1.29 is 14.3 Å². The average Bonchev–Trinajstić information content (AvgIpc) is 2.74. The topological polar surface area (TPSA) is 48.3 Å². The molecule has 1 atom stereocenters. The third kappa shape index (κ3) is 3.73. The van der Waals surface area contributed by atoms with Gasteiger partial charge in [-0.1, -0.05) is 6.92 Å². The minimum Gasteiger partial charge on any atom is -0.464 e. The standard InChI is InChI=1S/C13H19NO3/c1-4-13(16)10(2)12-6-5-7-14(12)8-9-17-11(3)15/h5-7,10H,4,8-9H2,1-3H3. The maximum Gasteiger partial charge on any atom is 0.302 e. The second kappa shape index (κ2) is 6.23. The predicted molar refractivity (Wildman–Crippen MR) is 64.8 cm³/mol. The van der Waals surface area contributed by atoms with E-state index in [2.05, 4.69) is 0 Å². The molecule has 1 rings (SSSR count). The van der Waals surface area contributed by atoms with E-state index in [0.717, 1.165) is 5.69 Å². The van der Waals surface area contributed by atoms with Gasteiger partial charge in [0.25, 0.3) is 0 Å². The van der Waals surface area contributed by atoms with E-state index in [9.17, 15) is 9.59 Å². The summed E-state index contributed by atoms with van der Waals surface area (Å²) < 4.78 is 6.85. The van der Waals surface area contributed by atoms with Crippen LogP contribution in [-0.4, -0.2) is 22.9 Å². The van der Waals surface area contributed by atoms with Gasteiger partial charge in [0.05, 0.1) is 12.5 Å². The van der Waals surface area contributed by atoms with E-state index < -0.39 is 0 Å². The predicted octanol–water partition coefficient (Wildman–Crippen LogP) is 2.13. The van der Waals surface area contributed by atoms with Crippen molar-refractivity contribution in [3.63, 3.8) is 0 Å². The number of carbonyl (C=O) groups excluding carboxylic acids is 2. The summed E-state index contributed by atoms with van der Waals surface area (Å²) in [6.45, 7) is 6.08. The molecule has 0 spiro atoms. The Morgan fingerprint density at radius 2 is 2.18 bits per heavy atom. The molecule has 0 bridgehead atoms. The summed E-state index contributed by atoms with van der Waals surface area (Å²) in [5, 5.41) is 0. The van der Waals surface area contributed by atoms with Crippen molar-refractivity contribution in [3.05, 3.63) is 24.0 Å². The molecule has 4 nitrogen and oxygen atoms in total. The molecule has 1 heterocycles. The van der Waals surface area contributed by atoms with Crippen LogP contribution in [0, 0.1) is 0 Å². The lowest BCUT2D eigenvalue weighted by Gasteiger charge is -2.14. The van der Waals surface area contributed by atoms with E-state index in [1.165, 1.54) is 6.92 Å². The average molecular weight is 237 g/mol. The third-order valence-electron chi connectivity index (χ3n) is 2.78. The van der Waals surface area contributed by atoms with Gasteiger partial charge in [0.15, 0.2) is 0 Å². The molecule has 0 aliphatic carbocycles. The first-order valence-electron chi connectivity index (χ1n) is 5.87. The van der Waals surface area contributed by atoms with Gasteiger partial charge in [0.2, 0.25) is 0 Å². The van der Waals surface area contributed by atoms with Crippen LogP contribution in [-0.2, 0) is 20.9 Å². The van der Waals surface area contributed by atoms with Crippen molar-refractivity contribution >= 4 is 11.8 Å². The van der Waals surface area contributed by atoms with Crippen LogP contribution in [0.1, 0.15) is 38.8 Å². The molecule has 94 valence electrons. The van der Waals surface area contributed by atoms with Gasteiger partial charge in [-0.05, 0) is 19.1 Å². The molecule has 0 fully saturated rings. The third-order valence-corrected chi connectivity index (χ3v) is 2.78. The molecule has 0 N–H and O–H groups in total. The number of nitrogens with zero attached hydrogens (tertiary/aromatic N) is 1. The van der Waals surface area contributed by atoms with Crippen molar-refractivity contribution in [1.29, 1.82) is 0 Å². The van der Waals surface area contributed by atoms with Crippen LogP contribution in [0.5, 0.6) is 0 Å². The molecule has 1 unspecified atom stereocenters. The fourth-order valence-corrected chi connectivity index (χ4v) is 1.78. The van der Waals surface area contributed by atoms with Crippen LogP contribution in [0.4, 0.5) is 0 Å². The monoisotopic (exact) mass is 237 g/mol. The highest BCUT2D eigenvalue weighted by molar-refractivity contribution is 5.84. The molecule has 0 amide bonds. The van der Waals surface area contributed by atoms with Crippen molar-refractivity contribution in [1.82, 2.24) is 4.57 Å². The summed E-state index contributed by atoms with van der Waals surface area (Å²) in [4.78, 5) is 22.3. The lowest BCUT2D eigenvalue weighted by Crippen LogP contribution is -2.15. The summed E-state index contributed by atoms with van der Waals surface area (Å²) in [5.74, 6) is -0.166. The quantitative estimate of drug-likeness (QED) is 0.712. The molecule has 0 saturated heterocycles. The molecule has 0 aliphatic heterocycles. The number of ketones is 1. The Morgan fingerprint density at radius 1 is 1.47 bits per heavy atom. The smallest absolute Gasteiger partial charge is 0.302 e. The van der Waals surface area contributed by atoms with E-state index in [1.54, 1.807) is 0 Å². The number of carbonyl (C=O) groups is 2. The second-order valence-corrected chi connectivity index (χ2v) is 4.01. The Hall–Kier alpha value is -1.58. The fraction of sp³-hybridized carbons (Fsp3) is 0.538. The van der Waals surface area contributed by atoms with Gasteiger partial charge in [-0.2, -0.15) is 0 Å². The van der Waals surface area contributed by atoms with E-state index >= 15 is 0 Å². The first-order chi connectivity index (χ1) is 8.06. The van der Waals surface area contributed by atoms with Gasteiger partial charge < -0.3 is 9.30 Å². The Morgan fingerprint density at radius 3 is 2.76 bits per heavy atom. The maximum atomic E-state index is 11.6. The van der Waals surface area contributed by atoms with Crippen molar-refractivity contribution in [3.8, 4) is 0 Å². The van der Waals surface area contributed by atoms with E-state index in [-0.39, 0.29) is 17.7 Å². The Bertz CT molecular complexity index is 395. The summed E-state index contributed by atoms with van der Waals surface area (Å²) in [5.41, 5.74) is 0.976. The van der Waals surface area contributed by atoms with Crippen molar-refractivity contribution in [2.24, 2.45) is 0 Å². The molecule has 0 radical (unpaired) electrons.